The number of anilines is 1. The van der Waals surface area contributed by atoms with E-state index >= 15 is 0 Å². The third-order valence-corrected chi connectivity index (χ3v) is 3.06. The standard InChI is InChI=1S/C14H19BrN2O2/c1-18-8-9-19-7-3-2-6-17-14-10-13(15)5-4-12(14)11-16/h4-5,10,17H,2-3,6-9H2,1H3. The molecule has 1 rings (SSSR count). The lowest BCUT2D eigenvalue weighted by Gasteiger charge is -2.09. The highest BCUT2D eigenvalue weighted by atomic mass is 79.9. The first-order chi connectivity index (χ1) is 9.27. The molecule has 5 heteroatoms. The lowest BCUT2D eigenvalue weighted by molar-refractivity contribution is 0.0691. The molecule has 0 aliphatic carbocycles. The predicted octanol–water partition coefficient (Wildman–Crippen LogP) is 3.18. The lowest BCUT2D eigenvalue weighted by Crippen LogP contribution is -2.07. The molecule has 4 nitrogen and oxygen atoms in total. The number of ether oxygens (including phenoxy) is 2. The van der Waals surface area contributed by atoms with E-state index in [9.17, 15) is 0 Å². The van der Waals surface area contributed by atoms with Crippen molar-refractivity contribution in [2.24, 2.45) is 0 Å². The molecule has 104 valence electrons. The Bertz CT molecular complexity index is 418. The molecule has 0 radical (unpaired) electrons. The Morgan fingerprint density at radius 3 is 2.84 bits per heavy atom. The summed E-state index contributed by atoms with van der Waals surface area (Å²) in [6.45, 7) is 2.86. The third-order valence-electron chi connectivity index (χ3n) is 2.56. The smallest absolute Gasteiger partial charge is 0.101 e. The van der Waals surface area contributed by atoms with Gasteiger partial charge in [0.25, 0.3) is 0 Å². The van der Waals surface area contributed by atoms with Crippen LogP contribution in [-0.4, -0.2) is 33.5 Å². The van der Waals surface area contributed by atoms with Crippen LogP contribution in [0.1, 0.15) is 18.4 Å². The molecule has 1 aromatic carbocycles. The zero-order valence-electron chi connectivity index (χ0n) is 11.1. The van der Waals surface area contributed by atoms with Crippen molar-refractivity contribution in [3.05, 3.63) is 28.2 Å². The third kappa shape index (κ3) is 6.58. The van der Waals surface area contributed by atoms with Gasteiger partial charge >= 0.3 is 0 Å². The first-order valence-corrected chi connectivity index (χ1v) is 7.07. The van der Waals surface area contributed by atoms with E-state index in [0.717, 1.165) is 36.2 Å². The van der Waals surface area contributed by atoms with E-state index in [0.29, 0.717) is 18.8 Å². The number of methoxy groups -OCH3 is 1. The minimum absolute atomic E-state index is 0.641. The summed E-state index contributed by atoms with van der Waals surface area (Å²) in [6.07, 6.45) is 2.00. The number of rotatable bonds is 9. The summed E-state index contributed by atoms with van der Waals surface area (Å²) < 4.78 is 11.2. The van der Waals surface area contributed by atoms with E-state index in [1.54, 1.807) is 13.2 Å². The average molecular weight is 327 g/mol. The highest BCUT2D eigenvalue weighted by Gasteiger charge is 2.01. The summed E-state index contributed by atoms with van der Waals surface area (Å²) >= 11 is 3.40. The number of unbranched alkanes of at least 4 members (excludes halogenated alkanes) is 1. The molecule has 0 aliphatic heterocycles. The van der Waals surface area contributed by atoms with Crippen LogP contribution in [0.15, 0.2) is 22.7 Å². The number of hydrogen-bond donors (Lipinski definition) is 1. The van der Waals surface area contributed by atoms with Crippen LogP contribution in [0.5, 0.6) is 0 Å². The van der Waals surface area contributed by atoms with Gasteiger partial charge in [-0.25, -0.2) is 0 Å². The van der Waals surface area contributed by atoms with E-state index in [1.165, 1.54) is 0 Å². The summed E-state index contributed by atoms with van der Waals surface area (Å²) in [7, 11) is 1.66. The fourth-order valence-corrected chi connectivity index (χ4v) is 1.92. The van der Waals surface area contributed by atoms with Gasteiger partial charge in [-0.3, -0.25) is 0 Å². The molecule has 1 aromatic rings. The van der Waals surface area contributed by atoms with Crippen LogP contribution in [0.4, 0.5) is 5.69 Å². The number of nitriles is 1. The largest absolute Gasteiger partial charge is 0.384 e. The first-order valence-electron chi connectivity index (χ1n) is 6.28. The normalized spacial score (nSPS) is 10.2. The molecule has 0 amide bonds. The Morgan fingerprint density at radius 2 is 2.11 bits per heavy atom. The molecule has 1 N–H and O–H groups in total. The first kappa shape index (κ1) is 16.0. The number of nitrogens with zero attached hydrogens (tertiary/aromatic N) is 1. The summed E-state index contributed by atoms with van der Waals surface area (Å²) in [5.41, 5.74) is 1.54. The Morgan fingerprint density at radius 1 is 1.26 bits per heavy atom. The van der Waals surface area contributed by atoms with Crippen molar-refractivity contribution in [2.45, 2.75) is 12.8 Å². The molecular weight excluding hydrogens is 308 g/mol. The fraction of sp³-hybridized carbons (Fsp3) is 0.500. The molecule has 0 saturated carbocycles. The van der Waals surface area contributed by atoms with E-state index in [2.05, 4.69) is 27.3 Å². The van der Waals surface area contributed by atoms with Gasteiger partial charge in [0.1, 0.15) is 6.07 Å². The van der Waals surface area contributed by atoms with Gasteiger partial charge in [-0.15, -0.1) is 0 Å². The molecule has 0 fully saturated rings. The van der Waals surface area contributed by atoms with Crippen molar-refractivity contribution in [1.82, 2.24) is 0 Å². The van der Waals surface area contributed by atoms with Gasteiger partial charge in [0.15, 0.2) is 0 Å². The van der Waals surface area contributed by atoms with Gasteiger partial charge in [0, 0.05) is 24.7 Å². The van der Waals surface area contributed by atoms with Crippen LogP contribution in [0.25, 0.3) is 0 Å². The highest BCUT2D eigenvalue weighted by Crippen LogP contribution is 2.20. The fourth-order valence-electron chi connectivity index (χ4n) is 1.56. The second kappa shape index (κ2) is 9.79. The molecule has 0 atom stereocenters. The van der Waals surface area contributed by atoms with Crippen molar-refractivity contribution in [3.8, 4) is 6.07 Å². The van der Waals surface area contributed by atoms with Gasteiger partial charge in [0.2, 0.25) is 0 Å². The number of benzene rings is 1. The molecule has 0 heterocycles. The van der Waals surface area contributed by atoms with E-state index in [4.69, 9.17) is 14.7 Å². The molecule has 19 heavy (non-hydrogen) atoms. The average Bonchev–Trinajstić information content (AvgIpc) is 2.42. The van der Waals surface area contributed by atoms with E-state index in [-0.39, 0.29) is 0 Å². The summed E-state index contributed by atoms with van der Waals surface area (Å²) in [5.74, 6) is 0. The monoisotopic (exact) mass is 326 g/mol. The zero-order chi connectivity index (χ0) is 13.9. The Balaban J connectivity index is 2.19. The maximum Gasteiger partial charge on any atom is 0.101 e. The summed E-state index contributed by atoms with van der Waals surface area (Å²) in [5, 5.41) is 12.3. The highest BCUT2D eigenvalue weighted by molar-refractivity contribution is 9.10. The van der Waals surface area contributed by atoms with E-state index < -0.39 is 0 Å². The van der Waals surface area contributed by atoms with E-state index in [1.807, 2.05) is 12.1 Å². The minimum atomic E-state index is 0.641. The van der Waals surface area contributed by atoms with Crippen molar-refractivity contribution in [1.29, 1.82) is 5.26 Å². The Hall–Kier alpha value is -1.09. The SMILES string of the molecule is COCCOCCCCNc1cc(Br)ccc1C#N. The van der Waals surface area contributed by atoms with Gasteiger partial charge in [0.05, 0.1) is 24.5 Å². The van der Waals surface area contributed by atoms with Crippen LogP contribution >= 0.6 is 15.9 Å². The molecular formula is C14H19BrN2O2. The number of hydrogen-bond acceptors (Lipinski definition) is 4. The van der Waals surface area contributed by atoms with Crippen LogP contribution in [0.2, 0.25) is 0 Å². The summed E-state index contributed by atoms with van der Waals surface area (Å²) in [4.78, 5) is 0. The second-order valence-corrected chi connectivity index (χ2v) is 4.96. The van der Waals surface area contributed by atoms with Gasteiger partial charge in [-0.05, 0) is 31.0 Å². The maximum absolute atomic E-state index is 9.00. The molecule has 0 saturated heterocycles. The molecule has 0 spiro atoms. The quantitative estimate of drug-likeness (QED) is 0.708. The number of nitrogens with one attached hydrogen (secondary N) is 1. The molecule has 0 aliphatic rings. The molecule has 0 bridgehead atoms. The van der Waals surface area contributed by atoms with Crippen LogP contribution in [0.3, 0.4) is 0 Å². The minimum Gasteiger partial charge on any atom is -0.384 e. The van der Waals surface area contributed by atoms with Gasteiger partial charge < -0.3 is 14.8 Å². The van der Waals surface area contributed by atoms with Crippen LogP contribution in [-0.2, 0) is 9.47 Å². The van der Waals surface area contributed by atoms with Crippen LogP contribution in [0, 0.1) is 11.3 Å². The van der Waals surface area contributed by atoms with Gasteiger partial charge in [-0.2, -0.15) is 5.26 Å². The maximum atomic E-state index is 9.00. The Kier molecular flexibility index (Phi) is 8.23. The Labute approximate surface area is 122 Å². The summed E-state index contributed by atoms with van der Waals surface area (Å²) in [6, 6.07) is 7.77. The predicted molar refractivity (Wildman–Crippen MR) is 79.3 cm³/mol. The second-order valence-electron chi connectivity index (χ2n) is 4.04. The van der Waals surface area contributed by atoms with Crippen molar-refractivity contribution >= 4 is 21.6 Å². The van der Waals surface area contributed by atoms with Crippen molar-refractivity contribution in [3.63, 3.8) is 0 Å². The number of halogens is 1. The van der Waals surface area contributed by atoms with Gasteiger partial charge in [-0.1, -0.05) is 15.9 Å². The van der Waals surface area contributed by atoms with Crippen LogP contribution < -0.4 is 5.32 Å². The zero-order valence-corrected chi connectivity index (χ0v) is 12.7. The molecule has 0 aromatic heterocycles. The van der Waals surface area contributed by atoms with Crippen molar-refractivity contribution in [2.75, 3.05) is 38.8 Å². The molecule has 0 unspecified atom stereocenters. The lowest BCUT2D eigenvalue weighted by atomic mass is 10.2. The topological polar surface area (TPSA) is 54.3 Å². The van der Waals surface area contributed by atoms with Crippen molar-refractivity contribution < 1.29 is 9.47 Å².